The molecule has 0 spiro atoms. The summed E-state index contributed by atoms with van der Waals surface area (Å²) < 4.78 is 5.07. The van der Waals surface area contributed by atoms with Crippen LogP contribution in [0.1, 0.15) is 53.4 Å². The topological polar surface area (TPSA) is 63.6 Å². The minimum atomic E-state index is -1.09. The molecule has 1 atom stereocenters. The van der Waals surface area contributed by atoms with Crippen LogP contribution in [0.5, 0.6) is 0 Å². The fraction of sp³-hybridized carbons (Fsp3) is 0.833. The third-order valence-corrected chi connectivity index (χ3v) is 2.09. The van der Waals surface area contributed by atoms with E-state index in [-0.39, 0.29) is 0 Å². The minimum Gasteiger partial charge on any atom is -0.481 e. The van der Waals surface area contributed by atoms with Crippen LogP contribution in [-0.2, 0) is 14.3 Å². The Labute approximate surface area is 97.0 Å². The zero-order valence-electron chi connectivity index (χ0n) is 10.6. The first-order chi connectivity index (χ1) is 7.28. The van der Waals surface area contributed by atoms with Crippen molar-refractivity contribution in [3.05, 3.63) is 0 Å². The van der Waals surface area contributed by atoms with Crippen molar-refractivity contribution < 1.29 is 19.4 Å². The van der Waals surface area contributed by atoms with Crippen molar-refractivity contribution in [2.75, 3.05) is 0 Å². The Morgan fingerprint density at radius 2 is 1.81 bits per heavy atom. The van der Waals surface area contributed by atoms with Crippen LogP contribution in [0.3, 0.4) is 0 Å². The van der Waals surface area contributed by atoms with Gasteiger partial charge in [0.05, 0.1) is 0 Å². The molecule has 0 saturated heterocycles. The van der Waals surface area contributed by atoms with E-state index in [9.17, 15) is 9.59 Å². The summed E-state index contributed by atoms with van der Waals surface area (Å²) in [5, 5.41) is 8.94. The quantitative estimate of drug-likeness (QED) is 0.433. The summed E-state index contributed by atoms with van der Waals surface area (Å²) in [5.74, 6) is -2.74. The molecule has 0 unspecified atom stereocenters. The third-order valence-electron chi connectivity index (χ3n) is 2.09. The highest BCUT2D eigenvalue weighted by Gasteiger charge is 2.30. The van der Waals surface area contributed by atoms with E-state index < -0.39 is 23.5 Å². The lowest BCUT2D eigenvalue weighted by Gasteiger charge is -2.22. The molecule has 0 aromatic heterocycles. The lowest BCUT2D eigenvalue weighted by atomic mass is 10.0. The number of carbonyl (C=O) groups is 2. The van der Waals surface area contributed by atoms with Crippen LogP contribution in [0.2, 0.25) is 0 Å². The van der Waals surface area contributed by atoms with Gasteiger partial charge in [-0.2, -0.15) is 0 Å². The van der Waals surface area contributed by atoms with Crippen molar-refractivity contribution in [3.63, 3.8) is 0 Å². The van der Waals surface area contributed by atoms with Crippen molar-refractivity contribution >= 4 is 11.9 Å². The number of aliphatic carboxylic acids is 1. The normalized spacial score (nSPS) is 13.2. The van der Waals surface area contributed by atoms with Crippen molar-refractivity contribution in [2.24, 2.45) is 5.92 Å². The van der Waals surface area contributed by atoms with Crippen molar-refractivity contribution in [3.8, 4) is 0 Å². The molecular weight excluding hydrogens is 208 g/mol. The van der Waals surface area contributed by atoms with Crippen LogP contribution in [0.4, 0.5) is 0 Å². The summed E-state index contributed by atoms with van der Waals surface area (Å²) in [4.78, 5) is 22.5. The molecule has 0 aliphatic carbocycles. The maximum absolute atomic E-state index is 11.6. The van der Waals surface area contributed by atoms with E-state index in [2.05, 4.69) is 0 Å². The Morgan fingerprint density at radius 3 is 2.19 bits per heavy atom. The summed E-state index contributed by atoms with van der Waals surface area (Å²) in [6.45, 7) is 7.23. The third kappa shape index (κ3) is 6.43. The molecule has 0 amide bonds. The molecule has 0 heterocycles. The van der Waals surface area contributed by atoms with Gasteiger partial charge in [-0.15, -0.1) is 0 Å². The maximum Gasteiger partial charge on any atom is 0.320 e. The number of carbonyl (C=O) groups excluding carboxylic acids is 1. The van der Waals surface area contributed by atoms with E-state index >= 15 is 0 Å². The van der Waals surface area contributed by atoms with Gasteiger partial charge in [0.15, 0.2) is 5.92 Å². The molecule has 94 valence electrons. The van der Waals surface area contributed by atoms with E-state index in [1.54, 1.807) is 20.8 Å². The SMILES string of the molecule is CCCCC[C@H](C(=O)O)C(=O)OC(C)(C)C. The Hall–Kier alpha value is -1.06. The highest BCUT2D eigenvalue weighted by atomic mass is 16.6. The molecule has 0 rings (SSSR count). The van der Waals surface area contributed by atoms with Crippen LogP contribution in [-0.4, -0.2) is 22.6 Å². The van der Waals surface area contributed by atoms with Gasteiger partial charge in [-0.25, -0.2) is 0 Å². The lowest BCUT2D eigenvalue weighted by molar-refractivity contribution is -0.167. The van der Waals surface area contributed by atoms with Gasteiger partial charge < -0.3 is 9.84 Å². The molecule has 0 radical (unpaired) electrons. The molecule has 0 aliphatic heterocycles. The predicted octanol–water partition coefficient (Wildman–Crippen LogP) is 2.61. The Bertz CT molecular complexity index is 240. The second-order valence-corrected chi connectivity index (χ2v) is 4.92. The standard InChI is InChI=1S/C12H22O4/c1-5-6-7-8-9(10(13)14)11(15)16-12(2,3)4/h9H,5-8H2,1-4H3,(H,13,14)/t9-/m1/s1. The van der Waals surface area contributed by atoms with Gasteiger partial charge in [0.2, 0.25) is 0 Å². The Morgan fingerprint density at radius 1 is 1.25 bits per heavy atom. The van der Waals surface area contributed by atoms with E-state index in [0.717, 1.165) is 19.3 Å². The van der Waals surface area contributed by atoms with Crippen molar-refractivity contribution in [1.82, 2.24) is 0 Å². The first-order valence-electron chi connectivity index (χ1n) is 5.73. The zero-order chi connectivity index (χ0) is 12.8. The highest BCUT2D eigenvalue weighted by Crippen LogP contribution is 2.16. The number of rotatable bonds is 6. The Balaban J connectivity index is 4.31. The summed E-state index contributed by atoms with van der Waals surface area (Å²) >= 11 is 0. The molecular formula is C12H22O4. The van der Waals surface area contributed by atoms with E-state index in [0.29, 0.717) is 6.42 Å². The lowest BCUT2D eigenvalue weighted by Crippen LogP contribution is -2.32. The molecule has 4 heteroatoms. The van der Waals surface area contributed by atoms with Gasteiger partial charge in [0.25, 0.3) is 0 Å². The van der Waals surface area contributed by atoms with E-state index in [4.69, 9.17) is 9.84 Å². The molecule has 0 saturated carbocycles. The van der Waals surface area contributed by atoms with Crippen LogP contribution in [0, 0.1) is 5.92 Å². The van der Waals surface area contributed by atoms with Crippen molar-refractivity contribution in [2.45, 2.75) is 59.0 Å². The molecule has 1 N–H and O–H groups in total. The number of carboxylic acid groups (broad SMARTS) is 1. The predicted molar refractivity (Wildman–Crippen MR) is 61.1 cm³/mol. The van der Waals surface area contributed by atoms with Gasteiger partial charge in [0.1, 0.15) is 5.60 Å². The van der Waals surface area contributed by atoms with Gasteiger partial charge in [-0.3, -0.25) is 9.59 Å². The average molecular weight is 230 g/mol. The molecule has 0 fully saturated rings. The fourth-order valence-electron chi connectivity index (χ4n) is 1.31. The monoisotopic (exact) mass is 230 g/mol. The summed E-state index contributed by atoms with van der Waals surface area (Å²) in [5.41, 5.74) is -0.629. The zero-order valence-corrected chi connectivity index (χ0v) is 10.6. The van der Waals surface area contributed by atoms with Crippen LogP contribution in [0.15, 0.2) is 0 Å². The fourth-order valence-corrected chi connectivity index (χ4v) is 1.31. The van der Waals surface area contributed by atoms with Crippen LogP contribution in [0.25, 0.3) is 0 Å². The first-order valence-corrected chi connectivity index (χ1v) is 5.73. The summed E-state index contributed by atoms with van der Waals surface area (Å²) in [6.07, 6.45) is 3.04. The highest BCUT2D eigenvalue weighted by molar-refractivity contribution is 5.94. The Kier molecular flexibility index (Phi) is 6.08. The largest absolute Gasteiger partial charge is 0.481 e. The first kappa shape index (κ1) is 14.9. The van der Waals surface area contributed by atoms with E-state index in [1.807, 2.05) is 6.92 Å². The molecule has 16 heavy (non-hydrogen) atoms. The number of hydrogen-bond acceptors (Lipinski definition) is 3. The van der Waals surface area contributed by atoms with Gasteiger partial charge in [-0.05, 0) is 27.2 Å². The molecule has 4 nitrogen and oxygen atoms in total. The number of esters is 1. The van der Waals surface area contributed by atoms with Gasteiger partial charge in [-0.1, -0.05) is 26.2 Å². The van der Waals surface area contributed by atoms with Crippen LogP contribution < -0.4 is 0 Å². The number of ether oxygens (including phenoxy) is 1. The van der Waals surface area contributed by atoms with E-state index in [1.165, 1.54) is 0 Å². The molecule has 0 aliphatic rings. The second kappa shape index (κ2) is 6.51. The minimum absolute atomic E-state index is 0.359. The number of unbranched alkanes of at least 4 members (excludes halogenated alkanes) is 2. The number of hydrogen-bond donors (Lipinski definition) is 1. The maximum atomic E-state index is 11.6. The average Bonchev–Trinajstić information content (AvgIpc) is 2.08. The van der Waals surface area contributed by atoms with Gasteiger partial charge in [0, 0.05) is 0 Å². The molecule has 0 aromatic carbocycles. The summed E-state index contributed by atoms with van der Waals surface area (Å²) in [7, 11) is 0. The van der Waals surface area contributed by atoms with Crippen LogP contribution >= 0.6 is 0 Å². The number of carboxylic acids is 1. The summed E-state index contributed by atoms with van der Waals surface area (Å²) in [6, 6.07) is 0. The molecule has 0 aromatic rings. The molecule has 0 bridgehead atoms. The second-order valence-electron chi connectivity index (χ2n) is 4.92. The van der Waals surface area contributed by atoms with Crippen molar-refractivity contribution in [1.29, 1.82) is 0 Å². The van der Waals surface area contributed by atoms with Gasteiger partial charge >= 0.3 is 11.9 Å². The smallest absolute Gasteiger partial charge is 0.320 e.